The minimum Gasteiger partial charge on any atom is -0.378 e. The van der Waals surface area contributed by atoms with Crippen molar-refractivity contribution in [2.24, 2.45) is 0 Å². The van der Waals surface area contributed by atoms with Gasteiger partial charge in [-0.15, -0.1) is 0 Å². The van der Waals surface area contributed by atoms with Crippen molar-refractivity contribution in [3.05, 3.63) is 64.7 Å². The summed E-state index contributed by atoms with van der Waals surface area (Å²) in [5.74, 6) is -0.378. The maximum absolute atomic E-state index is 13.2. The molecule has 0 fully saturated rings. The molecular formula is C16H15F2N. The van der Waals surface area contributed by atoms with Crippen LogP contribution < -0.4 is 5.32 Å². The average molecular weight is 259 g/mol. The molecule has 1 atom stereocenters. The number of hydrogen-bond acceptors (Lipinski definition) is 1. The van der Waals surface area contributed by atoms with Crippen LogP contribution in [0.3, 0.4) is 0 Å². The van der Waals surface area contributed by atoms with Crippen LogP contribution >= 0.6 is 0 Å². The van der Waals surface area contributed by atoms with Crippen LogP contribution in [0.15, 0.2) is 36.4 Å². The summed E-state index contributed by atoms with van der Waals surface area (Å²) in [5.41, 5.74) is 3.74. The first-order valence-electron chi connectivity index (χ1n) is 6.44. The third-order valence-electron chi connectivity index (χ3n) is 3.68. The van der Waals surface area contributed by atoms with Crippen molar-refractivity contribution < 1.29 is 8.78 Å². The molecule has 0 radical (unpaired) electrons. The Hall–Kier alpha value is -1.90. The molecule has 98 valence electrons. The standard InChI is InChI=1S/C16H15F2N/c1-10-8-13(4-6-15(10)18)19-16-7-2-11-9-12(17)3-5-14(11)16/h3-6,8-9,16,19H,2,7H2,1H3. The van der Waals surface area contributed by atoms with Gasteiger partial charge in [0, 0.05) is 5.69 Å². The number of anilines is 1. The molecule has 1 aliphatic carbocycles. The minimum absolute atomic E-state index is 0.181. The highest BCUT2D eigenvalue weighted by Gasteiger charge is 2.22. The van der Waals surface area contributed by atoms with Crippen LogP contribution in [-0.2, 0) is 6.42 Å². The van der Waals surface area contributed by atoms with Crippen LogP contribution in [0, 0.1) is 18.6 Å². The highest BCUT2D eigenvalue weighted by molar-refractivity contribution is 5.50. The number of hydrogen-bond donors (Lipinski definition) is 1. The van der Waals surface area contributed by atoms with Crippen LogP contribution in [0.4, 0.5) is 14.5 Å². The third-order valence-corrected chi connectivity index (χ3v) is 3.68. The monoisotopic (exact) mass is 259 g/mol. The van der Waals surface area contributed by atoms with Crippen LogP contribution in [0.5, 0.6) is 0 Å². The zero-order valence-corrected chi connectivity index (χ0v) is 10.7. The van der Waals surface area contributed by atoms with Crippen molar-refractivity contribution in [2.45, 2.75) is 25.8 Å². The van der Waals surface area contributed by atoms with E-state index in [0.717, 1.165) is 29.7 Å². The topological polar surface area (TPSA) is 12.0 Å². The second kappa shape index (κ2) is 4.65. The largest absolute Gasteiger partial charge is 0.378 e. The zero-order valence-electron chi connectivity index (χ0n) is 10.7. The van der Waals surface area contributed by atoms with Crippen LogP contribution in [0.25, 0.3) is 0 Å². The smallest absolute Gasteiger partial charge is 0.126 e. The molecule has 1 aliphatic rings. The molecule has 2 aromatic carbocycles. The molecule has 0 amide bonds. The van der Waals surface area contributed by atoms with Crippen molar-refractivity contribution >= 4 is 5.69 Å². The fourth-order valence-corrected chi connectivity index (χ4v) is 2.67. The Morgan fingerprint density at radius 1 is 1.11 bits per heavy atom. The van der Waals surface area contributed by atoms with Gasteiger partial charge in [-0.3, -0.25) is 0 Å². The van der Waals surface area contributed by atoms with Gasteiger partial charge in [-0.05, 0) is 66.8 Å². The van der Waals surface area contributed by atoms with E-state index in [4.69, 9.17) is 0 Å². The Labute approximate surface area is 111 Å². The van der Waals surface area contributed by atoms with Crippen LogP contribution in [0.2, 0.25) is 0 Å². The molecule has 0 aliphatic heterocycles. The number of fused-ring (bicyclic) bond motifs is 1. The van der Waals surface area contributed by atoms with E-state index in [2.05, 4.69) is 5.32 Å². The summed E-state index contributed by atoms with van der Waals surface area (Å²) >= 11 is 0. The maximum Gasteiger partial charge on any atom is 0.126 e. The zero-order chi connectivity index (χ0) is 13.4. The molecular weight excluding hydrogens is 244 g/mol. The number of benzene rings is 2. The van der Waals surface area contributed by atoms with Crippen molar-refractivity contribution in [3.63, 3.8) is 0 Å². The molecule has 3 rings (SSSR count). The Bertz CT molecular complexity index is 622. The van der Waals surface area contributed by atoms with Gasteiger partial charge in [0.05, 0.1) is 6.04 Å². The molecule has 3 heteroatoms. The Morgan fingerprint density at radius 2 is 1.95 bits per heavy atom. The molecule has 0 saturated heterocycles. The summed E-state index contributed by atoms with van der Waals surface area (Å²) in [6, 6.07) is 10.1. The summed E-state index contributed by atoms with van der Waals surface area (Å²) < 4.78 is 26.4. The Balaban J connectivity index is 1.84. The van der Waals surface area contributed by atoms with E-state index in [-0.39, 0.29) is 17.7 Å². The summed E-state index contributed by atoms with van der Waals surface area (Å²) in [4.78, 5) is 0. The first-order valence-corrected chi connectivity index (χ1v) is 6.44. The van der Waals surface area contributed by atoms with E-state index in [9.17, 15) is 8.78 Å². The fourth-order valence-electron chi connectivity index (χ4n) is 2.67. The molecule has 0 aromatic heterocycles. The highest BCUT2D eigenvalue weighted by atomic mass is 19.1. The van der Waals surface area contributed by atoms with E-state index in [0.29, 0.717) is 5.56 Å². The van der Waals surface area contributed by atoms with Gasteiger partial charge in [-0.2, -0.15) is 0 Å². The predicted octanol–water partition coefficient (Wildman–Crippen LogP) is 4.37. The van der Waals surface area contributed by atoms with Gasteiger partial charge < -0.3 is 5.32 Å². The molecule has 1 nitrogen and oxygen atoms in total. The van der Waals surface area contributed by atoms with E-state index >= 15 is 0 Å². The normalized spacial score (nSPS) is 17.3. The second-order valence-electron chi connectivity index (χ2n) is 5.04. The summed E-state index contributed by atoms with van der Waals surface area (Å²) in [7, 11) is 0. The quantitative estimate of drug-likeness (QED) is 0.844. The highest BCUT2D eigenvalue weighted by Crippen LogP contribution is 2.34. The Morgan fingerprint density at radius 3 is 2.74 bits per heavy atom. The van der Waals surface area contributed by atoms with Gasteiger partial charge in [0.1, 0.15) is 11.6 Å². The summed E-state index contributed by atoms with van der Waals surface area (Å²) in [5, 5.41) is 3.40. The van der Waals surface area contributed by atoms with Crippen molar-refractivity contribution in [2.75, 3.05) is 5.32 Å². The predicted molar refractivity (Wildman–Crippen MR) is 72.2 cm³/mol. The third kappa shape index (κ3) is 2.33. The van der Waals surface area contributed by atoms with Crippen molar-refractivity contribution in [3.8, 4) is 0 Å². The molecule has 2 aromatic rings. The molecule has 19 heavy (non-hydrogen) atoms. The van der Waals surface area contributed by atoms with E-state index in [1.807, 2.05) is 6.07 Å². The first kappa shape index (κ1) is 12.2. The van der Waals surface area contributed by atoms with Crippen molar-refractivity contribution in [1.29, 1.82) is 0 Å². The van der Waals surface area contributed by atoms with Gasteiger partial charge in [-0.1, -0.05) is 6.07 Å². The van der Waals surface area contributed by atoms with E-state index in [1.54, 1.807) is 25.1 Å². The fraction of sp³-hybridized carbons (Fsp3) is 0.250. The van der Waals surface area contributed by atoms with Crippen LogP contribution in [-0.4, -0.2) is 0 Å². The lowest BCUT2D eigenvalue weighted by molar-refractivity contribution is 0.618. The van der Waals surface area contributed by atoms with E-state index < -0.39 is 0 Å². The first-order chi connectivity index (χ1) is 9.13. The SMILES string of the molecule is Cc1cc(NC2CCc3cc(F)ccc32)ccc1F. The summed E-state index contributed by atoms with van der Waals surface area (Å²) in [6.45, 7) is 1.75. The van der Waals surface area contributed by atoms with Gasteiger partial charge >= 0.3 is 0 Å². The number of halogens is 2. The van der Waals surface area contributed by atoms with Gasteiger partial charge in [0.25, 0.3) is 0 Å². The molecule has 0 heterocycles. The lowest BCUT2D eigenvalue weighted by atomic mass is 10.1. The minimum atomic E-state index is -0.195. The summed E-state index contributed by atoms with van der Waals surface area (Å²) in [6.07, 6.45) is 1.82. The molecule has 0 spiro atoms. The Kier molecular flexibility index (Phi) is 2.97. The second-order valence-corrected chi connectivity index (χ2v) is 5.04. The number of aryl methyl sites for hydroxylation is 2. The molecule has 0 saturated carbocycles. The average Bonchev–Trinajstić information content (AvgIpc) is 2.76. The van der Waals surface area contributed by atoms with E-state index in [1.165, 1.54) is 12.1 Å². The van der Waals surface area contributed by atoms with Gasteiger partial charge in [-0.25, -0.2) is 8.78 Å². The lowest BCUT2D eigenvalue weighted by Gasteiger charge is -2.16. The van der Waals surface area contributed by atoms with Crippen LogP contribution in [0.1, 0.15) is 29.2 Å². The molecule has 1 N–H and O–H groups in total. The van der Waals surface area contributed by atoms with Crippen molar-refractivity contribution in [1.82, 2.24) is 0 Å². The number of rotatable bonds is 2. The lowest BCUT2D eigenvalue weighted by Crippen LogP contribution is -2.07. The maximum atomic E-state index is 13.2. The van der Waals surface area contributed by atoms with Gasteiger partial charge in [0.15, 0.2) is 0 Å². The number of nitrogens with one attached hydrogen (secondary N) is 1. The molecule has 0 bridgehead atoms. The molecule has 1 unspecified atom stereocenters. The van der Waals surface area contributed by atoms with Gasteiger partial charge in [0.2, 0.25) is 0 Å².